The normalized spacial score (nSPS) is 14.3. The third-order valence-corrected chi connectivity index (χ3v) is 5.73. The summed E-state index contributed by atoms with van der Waals surface area (Å²) in [4.78, 5) is 11.8. The molecule has 1 saturated heterocycles. The number of anilines is 1. The second-order valence-electron chi connectivity index (χ2n) is 8.09. The van der Waals surface area contributed by atoms with Crippen molar-refractivity contribution < 1.29 is 9.47 Å². The molecule has 0 atom stereocenters. The summed E-state index contributed by atoms with van der Waals surface area (Å²) in [5.74, 6) is 1.83. The fraction of sp³-hybridized carbons (Fsp3) is 0.269. The van der Waals surface area contributed by atoms with E-state index in [1.165, 1.54) is 5.56 Å². The number of hydrogen-bond donors (Lipinski definition) is 0. The van der Waals surface area contributed by atoms with E-state index in [1.807, 2.05) is 47.1 Å². The second-order valence-corrected chi connectivity index (χ2v) is 8.09. The second kappa shape index (κ2) is 9.42. The van der Waals surface area contributed by atoms with E-state index in [0.29, 0.717) is 19.8 Å². The maximum absolute atomic E-state index is 5.56. The zero-order chi connectivity index (χ0) is 22.6. The fourth-order valence-electron chi connectivity index (χ4n) is 4.05. The molecule has 0 unspecified atom stereocenters. The number of hydrogen-bond acceptors (Lipinski definition) is 6. The molecular formula is C26H27N5O2. The van der Waals surface area contributed by atoms with E-state index in [2.05, 4.69) is 41.1 Å². The molecule has 0 amide bonds. The number of fused-ring (bicyclic) bond motifs is 1. The van der Waals surface area contributed by atoms with Gasteiger partial charge in [-0.3, -0.25) is 4.99 Å². The molecule has 0 N–H and O–H groups in total. The van der Waals surface area contributed by atoms with Gasteiger partial charge in [-0.1, -0.05) is 42.0 Å². The predicted molar refractivity (Wildman–Crippen MR) is 130 cm³/mol. The van der Waals surface area contributed by atoms with E-state index in [1.54, 1.807) is 7.11 Å². The van der Waals surface area contributed by atoms with Gasteiger partial charge in [0.1, 0.15) is 11.6 Å². The van der Waals surface area contributed by atoms with Crippen LogP contribution in [0.15, 0.2) is 65.7 Å². The number of rotatable bonds is 6. The largest absolute Gasteiger partial charge is 0.496 e. The van der Waals surface area contributed by atoms with Crippen LogP contribution in [0.5, 0.6) is 5.75 Å². The maximum atomic E-state index is 5.56. The van der Waals surface area contributed by atoms with Crippen LogP contribution in [0.2, 0.25) is 0 Å². The number of aromatic nitrogens is 3. The van der Waals surface area contributed by atoms with Crippen LogP contribution >= 0.6 is 0 Å². The Morgan fingerprint density at radius 1 is 1.06 bits per heavy atom. The number of nitrogens with zero attached hydrogens (tertiary/aromatic N) is 5. The van der Waals surface area contributed by atoms with Gasteiger partial charge in [0.25, 0.3) is 0 Å². The summed E-state index contributed by atoms with van der Waals surface area (Å²) in [6.45, 7) is 5.59. The summed E-state index contributed by atoms with van der Waals surface area (Å²) in [6.07, 6.45) is 1.86. The first-order valence-electron chi connectivity index (χ1n) is 11.1. The summed E-state index contributed by atoms with van der Waals surface area (Å²) >= 11 is 0. The van der Waals surface area contributed by atoms with Crippen LogP contribution in [0.4, 0.5) is 5.82 Å². The molecule has 33 heavy (non-hydrogen) atoms. The average Bonchev–Trinajstić information content (AvgIpc) is 3.29. The van der Waals surface area contributed by atoms with Crippen molar-refractivity contribution in [1.29, 1.82) is 0 Å². The van der Waals surface area contributed by atoms with Gasteiger partial charge in [0.05, 0.1) is 38.3 Å². The highest BCUT2D eigenvalue weighted by Gasteiger charge is 2.18. The van der Waals surface area contributed by atoms with Gasteiger partial charge in [0.15, 0.2) is 5.65 Å². The van der Waals surface area contributed by atoms with E-state index >= 15 is 0 Å². The minimum absolute atomic E-state index is 0.469. The minimum atomic E-state index is 0.469. The minimum Gasteiger partial charge on any atom is -0.496 e. The quantitative estimate of drug-likeness (QED) is 0.420. The standard InChI is InChI=1S/C26H27N5O2/c1-19-8-9-24(32-2)21(14-19)17-27-18-22-15-26(30-10-12-33-13-11-30)31-25(28-22)16-23(29-31)20-6-4-3-5-7-20/h3-9,14-17H,10-13,18H2,1-2H3. The number of methoxy groups -OCH3 is 1. The van der Waals surface area contributed by atoms with E-state index in [4.69, 9.17) is 19.6 Å². The lowest BCUT2D eigenvalue weighted by molar-refractivity contribution is 0.122. The Morgan fingerprint density at radius 3 is 2.67 bits per heavy atom. The molecule has 0 spiro atoms. The molecule has 2 aromatic carbocycles. The molecule has 4 aromatic rings. The summed E-state index contributed by atoms with van der Waals surface area (Å²) < 4.78 is 13.0. The zero-order valence-electron chi connectivity index (χ0n) is 18.9. The first-order valence-corrected chi connectivity index (χ1v) is 11.1. The summed E-state index contributed by atoms with van der Waals surface area (Å²) in [5, 5.41) is 4.88. The van der Waals surface area contributed by atoms with Crippen LogP contribution in [0.25, 0.3) is 16.9 Å². The highest BCUT2D eigenvalue weighted by molar-refractivity contribution is 5.83. The molecule has 7 heteroatoms. The number of aryl methyl sites for hydroxylation is 1. The van der Waals surface area contributed by atoms with Gasteiger partial charge in [-0.2, -0.15) is 9.61 Å². The van der Waals surface area contributed by atoms with E-state index in [9.17, 15) is 0 Å². The van der Waals surface area contributed by atoms with Crippen molar-refractivity contribution >= 4 is 17.7 Å². The maximum Gasteiger partial charge on any atom is 0.158 e. The lowest BCUT2D eigenvalue weighted by Crippen LogP contribution is -2.37. The van der Waals surface area contributed by atoms with Crippen molar-refractivity contribution in [2.45, 2.75) is 13.5 Å². The van der Waals surface area contributed by atoms with Gasteiger partial charge in [-0.15, -0.1) is 0 Å². The average molecular weight is 442 g/mol. The van der Waals surface area contributed by atoms with Gasteiger partial charge < -0.3 is 14.4 Å². The molecule has 168 valence electrons. The molecule has 0 radical (unpaired) electrons. The van der Waals surface area contributed by atoms with Crippen molar-refractivity contribution in [3.63, 3.8) is 0 Å². The van der Waals surface area contributed by atoms with E-state index in [-0.39, 0.29) is 0 Å². The van der Waals surface area contributed by atoms with Crippen LogP contribution in [0.3, 0.4) is 0 Å². The van der Waals surface area contributed by atoms with Gasteiger partial charge in [-0.05, 0) is 19.1 Å². The molecule has 7 nitrogen and oxygen atoms in total. The van der Waals surface area contributed by atoms with Gasteiger partial charge in [0.2, 0.25) is 0 Å². The summed E-state index contributed by atoms with van der Waals surface area (Å²) in [5.41, 5.74) is 5.81. The molecule has 0 bridgehead atoms. The Labute approximate surface area is 193 Å². The summed E-state index contributed by atoms with van der Waals surface area (Å²) in [6, 6.07) is 20.4. The van der Waals surface area contributed by atoms with Crippen molar-refractivity contribution in [2.24, 2.45) is 4.99 Å². The fourth-order valence-corrected chi connectivity index (χ4v) is 4.05. The third-order valence-electron chi connectivity index (χ3n) is 5.73. The number of aliphatic imine (C=N–C) groups is 1. The Balaban J connectivity index is 1.50. The molecule has 1 aliphatic rings. The van der Waals surface area contributed by atoms with Crippen molar-refractivity contribution in [1.82, 2.24) is 14.6 Å². The van der Waals surface area contributed by atoms with Crippen LogP contribution in [0.1, 0.15) is 16.8 Å². The molecule has 1 fully saturated rings. The molecule has 1 aliphatic heterocycles. The lowest BCUT2D eigenvalue weighted by atomic mass is 10.1. The number of morpholine rings is 1. The van der Waals surface area contributed by atoms with Crippen molar-refractivity contribution in [3.8, 4) is 17.0 Å². The zero-order valence-corrected chi connectivity index (χ0v) is 18.9. The van der Waals surface area contributed by atoms with Gasteiger partial charge in [-0.25, -0.2) is 4.98 Å². The molecule has 0 aliphatic carbocycles. The first-order chi connectivity index (χ1) is 16.2. The van der Waals surface area contributed by atoms with Crippen LogP contribution in [-0.2, 0) is 11.3 Å². The Morgan fingerprint density at radius 2 is 1.88 bits per heavy atom. The first kappa shape index (κ1) is 21.2. The highest BCUT2D eigenvalue weighted by Crippen LogP contribution is 2.25. The van der Waals surface area contributed by atoms with Crippen molar-refractivity contribution in [3.05, 3.63) is 77.5 Å². The van der Waals surface area contributed by atoms with E-state index < -0.39 is 0 Å². The topological polar surface area (TPSA) is 64.2 Å². The molecule has 2 aromatic heterocycles. The van der Waals surface area contributed by atoms with E-state index in [0.717, 1.165) is 52.8 Å². The molecule has 3 heterocycles. The smallest absolute Gasteiger partial charge is 0.158 e. The lowest BCUT2D eigenvalue weighted by Gasteiger charge is -2.29. The highest BCUT2D eigenvalue weighted by atomic mass is 16.5. The Kier molecular flexibility index (Phi) is 6.04. The van der Waals surface area contributed by atoms with Crippen LogP contribution in [-0.4, -0.2) is 54.2 Å². The Bertz CT molecular complexity index is 1280. The van der Waals surface area contributed by atoms with Crippen LogP contribution < -0.4 is 9.64 Å². The number of benzene rings is 2. The summed E-state index contributed by atoms with van der Waals surface area (Å²) in [7, 11) is 1.68. The molecule has 0 saturated carbocycles. The van der Waals surface area contributed by atoms with Crippen molar-refractivity contribution in [2.75, 3.05) is 38.3 Å². The predicted octanol–water partition coefficient (Wildman–Crippen LogP) is 4.17. The third kappa shape index (κ3) is 4.59. The van der Waals surface area contributed by atoms with Gasteiger partial charge in [0, 0.05) is 42.6 Å². The Hall–Kier alpha value is -3.71. The molecular weight excluding hydrogens is 414 g/mol. The van der Waals surface area contributed by atoms with Crippen LogP contribution in [0, 0.1) is 6.92 Å². The monoisotopic (exact) mass is 441 g/mol. The molecule has 5 rings (SSSR count). The van der Waals surface area contributed by atoms with Gasteiger partial charge >= 0.3 is 0 Å². The number of ether oxygens (including phenoxy) is 2. The SMILES string of the molecule is COc1ccc(C)cc1C=NCc1cc(N2CCOCC2)n2nc(-c3ccccc3)cc2n1.